The molecule has 3 aromatic rings. The molecule has 0 spiro atoms. The second-order valence-electron chi connectivity index (χ2n) is 11.1. The van der Waals surface area contributed by atoms with Crippen LogP contribution in [-0.4, -0.2) is 41.7 Å². The maximum Gasteiger partial charge on any atom is 0.306 e. The number of hydrogen-bond donors (Lipinski definition) is 1. The highest BCUT2D eigenvalue weighted by atomic mass is 79.9. The number of aryl methyl sites for hydroxylation is 1. The summed E-state index contributed by atoms with van der Waals surface area (Å²) >= 11 is 3.42. The number of benzene rings is 3. The molecule has 0 radical (unpaired) electrons. The molecule has 7 nitrogen and oxygen atoms in total. The van der Waals surface area contributed by atoms with Crippen molar-refractivity contribution in [3.63, 3.8) is 0 Å². The summed E-state index contributed by atoms with van der Waals surface area (Å²) in [5.74, 6) is -1.92. The van der Waals surface area contributed by atoms with Gasteiger partial charge in [-0.3, -0.25) is 24.1 Å². The van der Waals surface area contributed by atoms with Crippen molar-refractivity contribution in [2.75, 3.05) is 18.5 Å². The molecule has 1 fully saturated rings. The van der Waals surface area contributed by atoms with E-state index in [1.807, 2.05) is 43.3 Å². The Labute approximate surface area is 247 Å². The van der Waals surface area contributed by atoms with Gasteiger partial charge in [-0.2, -0.15) is 0 Å². The molecule has 8 heteroatoms. The fraction of sp³-hybridized carbons (Fsp3) is 0.333. The van der Waals surface area contributed by atoms with Crippen LogP contribution in [0.25, 0.3) is 0 Å². The molecule has 0 unspecified atom stereocenters. The fourth-order valence-corrected chi connectivity index (χ4v) is 7.06. The number of carbonyl (C=O) groups excluding carboxylic acids is 4. The summed E-state index contributed by atoms with van der Waals surface area (Å²) in [6, 6.07) is 21.9. The third-order valence-electron chi connectivity index (χ3n) is 8.61. The summed E-state index contributed by atoms with van der Waals surface area (Å²) in [5.41, 5.74) is 6.29. The van der Waals surface area contributed by atoms with Crippen LogP contribution in [0.4, 0.5) is 5.69 Å². The predicted octanol–water partition coefficient (Wildman–Crippen LogP) is 5.69. The minimum atomic E-state index is -0.446. The number of nitrogens with one attached hydrogen (secondary N) is 1. The SMILES string of the molecule is Cc1cc(NC(=O)COC(=O)CCCCCN2C(=O)[C@@H]3C4c5ccccc5C(c5ccccc54)[C@H]3C2=O)ccc1Br. The quantitative estimate of drug-likeness (QED) is 0.190. The van der Waals surface area contributed by atoms with Crippen LogP contribution in [0.5, 0.6) is 0 Å². The van der Waals surface area contributed by atoms with Crippen molar-refractivity contribution in [1.29, 1.82) is 0 Å². The van der Waals surface area contributed by atoms with Crippen LogP contribution in [0.1, 0.15) is 65.3 Å². The lowest BCUT2D eigenvalue weighted by atomic mass is 9.55. The maximum absolute atomic E-state index is 13.6. The van der Waals surface area contributed by atoms with Gasteiger partial charge >= 0.3 is 5.97 Å². The lowest BCUT2D eigenvalue weighted by Crippen LogP contribution is -2.41. The van der Waals surface area contributed by atoms with Crippen molar-refractivity contribution >= 4 is 45.3 Å². The number of halogens is 1. The Morgan fingerprint density at radius 2 is 1.39 bits per heavy atom. The lowest BCUT2D eigenvalue weighted by molar-refractivity contribution is -0.147. The van der Waals surface area contributed by atoms with E-state index in [0.717, 1.165) is 10.0 Å². The molecular weight excluding hydrogens is 584 g/mol. The first-order valence-corrected chi connectivity index (χ1v) is 14.9. The van der Waals surface area contributed by atoms with E-state index in [1.54, 1.807) is 6.07 Å². The Morgan fingerprint density at radius 3 is 1.93 bits per heavy atom. The van der Waals surface area contributed by atoms with Gasteiger partial charge in [0.25, 0.3) is 5.91 Å². The highest BCUT2D eigenvalue weighted by Gasteiger charge is 2.61. The molecule has 4 aliphatic rings. The van der Waals surface area contributed by atoms with Crippen LogP contribution >= 0.6 is 15.9 Å². The average molecular weight is 616 g/mol. The van der Waals surface area contributed by atoms with E-state index in [9.17, 15) is 19.2 Å². The zero-order chi connectivity index (χ0) is 28.7. The van der Waals surface area contributed by atoms with Gasteiger partial charge in [-0.15, -0.1) is 0 Å². The lowest BCUT2D eigenvalue weighted by Gasteiger charge is -2.45. The van der Waals surface area contributed by atoms with Gasteiger partial charge in [0.15, 0.2) is 6.61 Å². The van der Waals surface area contributed by atoms with Crippen LogP contribution < -0.4 is 5.32 Å². The highest BCUT2D eigenvalue weighted by molar-refractivity contribution is 9.10. The number of nitrogens with zero attached hydrogens (tertiary/aromatic N) is 1. The van der Waals surface area contributed by atoms with E-state index in [1.165, 1.54) is 27.2 Å². The largest absolute Gasteiger partial charge is 0.456 e. The van der Waals surface area contributed by atoms with Gasteiger partial charge in [0.2, 0.25) is 11.8 Å². The monoisotopic (exact) mass is 614 g/mol. The van der Waals surface area contributed by atoms with Gasteiger partial charge < -0.3 is 10.1 Å². The highest BCUT2D eigenvalue weighted by Crippen LogP contribution is 2.60. The van der Waals surface area contributed by atoms with Gasteiger partial charge in [-0.25, -0.2) is 0 Å². The average Bonchev–Trinajstić information content (AvgIpc) is 3.23. The Hall–Kier alpha value is -3.78. The molecule has 3 aromatic carbocycles. The third-order valence-corrected chi connectivity index (χ3v) is 9.50. The van der Waals surface area contributed by atoms with Crippen LogP contribution in [0.2, 0.25) is 0 Å². The second kappa shape index (κ2) is 11.2. The van der Waals surface area contributed by atoms with E-state index in [2.05, 4.69) is 45.5 Å². The Balaban J connectivity index is 0.993. The van der Waals surface area contributed by atoms with E-state index in [4.69, 9.17) is 4.74 Å². The standard InChI is InChI=1S/C33H31BrN2O5/c1-19-17-20(14-15-25(19)34)35-26(37)18-41-27(38)13-3-2-8-16-36-32(39)30-28-21-9-4-5-10-22(21)29(31(30)33(36)40)24-12-7-6-11-23(24)28/h4-7,9-12,14-15,17,28-31H,2-3,8,13,16,18H2,1H3,(H,35,37)/t28?,29?,30-,31-/m1/s1. The van der Waals surface area contributed by atoms with Gasteiger partial charge in [-0.05, 0) is 65.8 Å². The van der Waals surface area contributed by atoms with Crippen molar-refractivity contribution in [3.8, 4) is 0 Å². The van der Waals surface area contributed by atoms with Crippen molar-refractivity contribution in [3.05, 3.63) is 99.0 Å². The number of amides is 3. The number of imide groups is 1. The van der Waals surface area contributed by atoms with Crippen molar-refractivity contribution < 1.29 is 23.9 Å². The van der Waals surface area contributed by atoms with Crippen LogP contribution in [0, 0.1) is 18.8 Å². The van der Waals surface area contributed by atoms with Crippen molar-refractivity contribution in [2.24, 2.45) is 11.8 Å². The first kappa shape index (κ1) is 27.4. The molecule has 1 saturated heterocycles. The summed E-state index contributed by atoms with van der Waals surface area (Å²) in [4.78, 5) is 53.0. The second-order valence-corrected chi connectivity index (χ2v) is 11.9. The van der Waals surface area contributed by atoms with Gasteiger partial charge in [-0.1, -0.05) is 70.9 Å². The smallest absolute Gasteiger partial charge is 0.306 e. The predicted molar refractivity (Wildman–Crippen MR) is 157 cm³/mol. The molecule has 0 aromatic heterocycles. The number of unbranched alkanes of at least 4 members (excludes halogenated alkanes) is 2. The molecule has 1 heterocycles. The molecular formula is C33H31BrN2O5. The van der Waals surface area contributed by atoms with Crippen molar-refractivity contribution in [2.45, 2.75) is 44.4 Å². The molecule has 3 aliphatic carbocycles. The number of carbonyl (C=O) groups is 4. The normalized spacial score (nSPS) is 21.8. The number of anilines is 1. The fourth-order valence-electron chi connectivity index (χ4n) is 6.81. The van der Waals surface area contributed by atoms with Crippen LogP contribution in [0.15, 0.2) is 71.2 Å². The van der Waals surface area contributed by atoms with Gasteiger partial charge in [0.1, 0.15) is 0 Å². The minimum absolute atomic E-state index is 0.0783. The summed E-state index contributed by atoms with van der Waals surface area (Å²) < 4.78 is 6.07. The first-order chi connectivity index (χ1) is 19.8. The molecule has 1 aliphatic heterocycles. The van der Waals surface area contributed by atoms with Crippen molar-refractivity contribution in [1.82, 2.24) is 4.90 Å². The zero-order valence-corrected chi connectivity index (χ0v) is 24.4. The number of esters is 1. The van der Waals surface area contributed by atoms with Crippen LogP contribution in [0.3, 0.4) is 0 Å². The van der Waals surface area contributed by atoms with E-state index >= 15 is 0 Å². The Morgan fingerprint density at radius 1 is 0.829 bits per heavy atom. The summed E-state index contributed by atoms with van der Waals surface area (Å²) in [6.07, 6.45) is 2.01. The van der Waals surface area contributed by atoms with E-state index in [-0.39, 0.29) is 48.5 Å². The number of rotatable bonds is 9. The topological polar surface area (TPSA) is 92.8 Å². The first-order valence-electron chi connectivity index (χ1n) is 14.1. The molecule has 1 N–H and O–H groups in total. The van der Waals surface area contributed by atoms with Gasteiger partial charge in [0, 0.05) is 35.0 Å². The number of likely N-dealkylation sites (tertiary alicyclic amines) is 1. The van der Waals surface area contributed by atoms with E-state index < -0.39 is 11.9 Å². The molecule has 41 heavy (non-hydrogen) atoms. The molecule has 3 amide bonds. The number of hydrogen-bond acceptors (Lipinski definition) is 5. The molecule has 7 rings (SSSR count). The molecule has 0 saturated carbocycles. The summed E-state index contributed by atoms with van der Waals surface area (Å²) in [7, 11) is 0. The Bertz CT molecular complexity index is 1440. The summed E-state index contributed by atoms with van der Waals surface area (Å²) in [6.45, 7) is 1.92. The molecule has 2 atom stereocenters. The molecule has 210 valence electrons. The number of ether oxygens (including phenoxy) is 1. The third kappa shape index (κ3) is 4.99. The Kier molecular flexibility index (Phi) is 7.51. The maximum atomic E-state index is 13.6. The minimum Gasteiger partial charge on any atom is -0.456 e. The summed E-state index contributed by atoms with van der Waals surface area (Å²) in [5, 5.41) is 2.72. The van der Waals surface area contributed by atoms with E-state index in [0.29, 0.717) is 31.5 Å². The molecule has 2 bridgehead atoms. The zero-order valence-electron chi connectivity index (χ0n) is 22.8. The van der Waals surface area contributed by atoms with Gasteiger partial charge in [0.05, 0.1) is 11.8 Å². The van der Waals surface area contributed by atoms with Crippen LogP contribution in [-0.2, 0) is 23.9 Å².